The Balaban J connectivity index is 2.15. The minimum absolute atomic E-state index is 0.251. The van der Waals surface area contributed by atoms with E-state index in [1.807, 2.05) is 36.4 Å². The maximum absolute atomic E-state index is 12.4. The van der Waals surface area contributed by atoms with Gasteiger partial charge in [0, 0.05) is 12.1 Å². The van der Waals surface area contributed by atoms with Crippen molar-refractivity contribution in [2.24, 2.45) is 0 Å². The van der Waals surface area contributed by atoms with Gasteiger partial charge in [-0.3, -0.25) is 4.79 Å². The summed E-state index contributed by atoms with van der Waals surface area (Å²) >= 11 is 0. The number of hydrogen-bond acceptors (Lipinski definition) is 3. The minimum atomic E-state index is -0.599. The summed E-state index contributed by atoms with van der Waals surface area (Å²) in [7, 11) is 0. The van der Waals surface area contributed by atoms with Gasteiger partial charge in [-0.15, -0.1) is 0 Å². The monoisotopic (exact) mass is 287 g/mol. The second-order valence-corrected chi connectivity index (χ2v) is 6.12. The summed E-state index contributed by atoms with van der Waals surface area (Å²) in [5.41, 5.74) is 1.02. The van der Waals surface area contributed by atoms with E-state index in [1.165, 1.54) is 4.90 Å². The third-order valence-electron chi connectivity index (χ3n) is 3.10. The molecule has 1 fully saturated rings. The van der Waals surface area contributed by atoms with Gasteiger partial charge in [0.15, 0.2) is 0 Å². The van der Waals surface area contributed by atoms with Gasteiger partial charge in [-0.1, -0.05) is 30.3 Å². The topological polar surface area (TPSA) is 46.6 Å². The van der Waals surface area contributed by atoms with Gasteiger partial charge in [-0.05, 0) is 45.3 Å². The number of ether oxygens (including phenoxy) is 1. The van der Waals surface area contributed by atoms with Gasteiger partial charge >= 0.3 is 6.09 Å². The fourth-order valence-corrected chi connectivity index (χ4v) is 2.19. The van der Waals surface area contributed by atoms with Crippen molar-refractivity contribution in [1.82, 2.24) is 4.90 Å². The van der Waals surface area contributed by atoms with Crippen LogP contribution in [0, 0.1) is 0 Å². The molecule has 0 N–H and O–H groups in total. The van der Waals surface area contributed by atoms with Crippen LogP contribution in [0.3, 0.4) is 0 Å². The lowest BCUT2D eigenvalue weighted by Crippen LogP contribution is -2.44. The first-order valence-corrected chi connectivity index (χ1v) is 7.17. The molecule has 0 aromatic heterocycles. The van der Waals surface area contributed by atoms with E-state index in [1.54, 1.807) is 20.8 Å². The first-order chi connectivity index (χ1) is 9.87. The zero-order valence-corrected chi connectivity index (χ0v) is 12.8. The molecule has 0 unspecified atom stereocenters. The molecule has 1 aliphatic rings. The summed E-state index contributed by atoms with van der Waals surface area (Å²) in [5, 5.41) is 0. The number of amides is 2. The van der Waals surface area contributed by atoms with Crippen LogP contribution in [0.15, 0.2) is 35.9 Å². The molecule has 2 amide bonds. The zero-order chi connectivity index (χ0) is 15.5. The number of carbonyl (C=O) groups is 2. The van der Waals surface area contributed by atoms with E-state index in [0.717, 1.165) is 12.0 Å². The third-order valence-corrected chi connectivity index (χ3v) is 3.10. The molecular weight excluding hydrogens is 266 g/mol. The summed E-state index contributed by atoms with van der Waals surface area (Å²) in [6, 6.07) is 9.65. The highest BCUT2D eigenvalue weighted by atomic mass is 16.6. The van der Waals surface area contributed by atoms with Crippen molar-refractivity contribution in [3.8, 4) is 0 Å². The highest BCUT2D eigenvalue weighted by Crippen LogP contribution is 2.22. The second-order valence-electron chi connectivity index (χ2n) is 6.12. The average molecular weight is 287 g/mol. The molecule has 1 saturated heterocycles. The standard InChI is InChI=1S/C17H21NO3/c1-17(2,3)21-16(20)18-11-7-10-14(15(18)19)12-13-8-5-4-6-9-13/h4-6,8-9,12H,7,10-11H2,1-3H3/b14-12+. The van der Waals surface area contributed by atoms with E-state index in [0.29, 0.717) is 18.5 Å². The number of piperidine rings is 1. The van der Waals surface area contributed by atoms with Crippen molar-refractivity contribution in [2.75, 3.05) is 6.54 Å². The largest absolute Gasteiger partial charge is 0.443 e. The Bertz CT molecular complexity index is 555. The Morgan fingerprint density at radius 2 is 1.90 bits per heavy atom. The van der Waals surface area contributed by atoms with Gasteiger partial charge in [0.2, 0.25) is 0 Å². The van der Waals surface area contributed by atoms with Crippen molar-refractivity contribution in [1.29, 1.82) is 0 Å². The molecule has 2 rings (SSSR count). The van der Waals surface area contributed by atoms with E-state index in [2.05, 4.69) is 0 Å². The molecule has 0 aliphatic carbocycles. The predicted molar refractivity (Wildman–Crippen MR) is 81.6 cm³/mol. The summed E-state index contributed by atoms with van der Waals surface area (Å²) in [6.07, 6.45) is 2.74. The van der Waals surface area contributed by atoms with Crippen LogP contribution in [0.2, 0.25) is 0 Å². The van der Waals surface area contributed by atoms with Gasteiger partial charge in [0.25, 0.3) is 5.91 Å². The van der Waals surface area contributed by atoms with E-state index in [4.69, 9.17) is 4.74 Å². The van der Waals surface area contributed by atoms with Gasteiger partial charge in [0.1, 0.15) is 5.60 Å². The molecule has 0 atom stereocenters. The molecule has 1 aromatic rings. The van der Waals surface area contributed by atoms with Gasteiger partial charge in [0.05, 0.1) is 0 Å². The lowest BCUT2D eigenvalue weighted by Gasteiger charge is -2.29. The van der Waals surface area contributed by atoms with E-state index >= 15 is 0 Å². The van der Waals surface area contributed by atoms with Crippen molar-refractivity contribution in [2.45, 2.75) is 39.2 Å². The van der Waals surface area contributed by atoms with E-state index in [-0.39, 0.29) is 5.91 Å². The lowest BCUT2D eigenvalue weighted by atomic mass is 10.0. The number of rotatable bonds is 1. The summed E-state index contributed by atoms with van der Waals surface area (Å²) in [4.78, 5) is 25.7. The fourth-order valence-electron chi connectivity index (χ4n) is 2.19. The number of carbonyl (C=O) groups excluding carboxylic acids is 2. The molecule has 1 aliphatic heterocycles. The molecule has 112 valence electrons. The van der Waals surface area contributed by atoms with Crippen LogP contribution < -0.4 is 0 Å². The average Bonchev–Trinajstić information content (AvgIpc) is 2.40. The first kappa shape index (κ1) is 15.3. The Kier molecular flexibility index (Phi) is 4.46. The Morgan fingerprint density at radius 3 is 2.52 bits per heavy atom. The number of hydrogen-bond donors (Lipinski definition) is 0. The molecule has 0 radical (unpaired) electrons. The molecule has 0 saturated carbocycles. The number of likely N-dealkylation sites (tertiary alicyclic amines) is 1. The SMILES string of the molecule is CC(C)(C)OC(=O)N1CCC/C(=C\c2ccccc2)C1=O. The molecular formula is C17H21NO3. The highest BCUT2D eigenvalue weighted by Gasteiger charge is 2.31. The van der Waals surface area contributed by atoms with Crippen LogP contribution in [-0.2, 0) is 9.53 Å². The van der Waals surface area contributed by atoms with Crippen LogP contribution in [0.1, 0.15) is 39.2 Å². The Hall–Kier alpha value is -2.10. The summed E-state index contributed by atoms with van der Waals surface area (Å²) < 4.78 is 5.29. The highest BCUT2D eigenvalue weighted by molar-refractivity contribution is 6.05. The number of imide groups is 1. The van der Waals surface area contributed by atoms with Gasteiger partial charge in [-0.2, -0.15) is 0 Å². The van der Waals surface area contributed by atoms with Crippen LogP contribution >= 0.6 is 0 Å². The fraction of sp³-hybridized carbons (Fsp3) is 0.412. The lowest BCUT2D eigenvalue weighted by molar-refractivity contribution is -0.127. The maximum atomic E-state index is 12.4. The van der Waals surface area contributed by atoms with Crippen LogP contribution in [0.4, 0.5) is 4.79 Å². The van der Waals surface area contributed by atoms with Crippen molar-refractivity contribution in [3.05, 3.63) is 41.5 Å². The molecule has 1 aromatic carbocycles. The van der Waals surface area contributed by atoms with Crippen LogP contribution in [-0.4, -0.2) is 29.0 Å². The van der Waals surface area contributed by atoms with Crippen LogP contribution in [0.25, 0.3) is 6.08 Å². The number of nitrogens with zero attached hydrogens (tertiary/aromatic N) is 1. The minimum Gasteiger partial charge on any atom is -0.443 e. The molecule has 0 bridgehead atoms. The third kappa shape index (κ3) is 4.18. The van der Waals surface area contributed by atoms with Crippen molar-refractivity contribution < 1.29 is 14.3 Å². The molecule has 21 heavy (non-hydrogen) atoms. The summed E-state index contributed by atoms with van der Waals surface area (Å²) in [5.74, 6) is -0.251. The second kappa shape index (κ2) is 6.12. The molecule has 0 spiro atoms. The predicted octanol–water partition coefficient (Wildman–Crippen LogP) is 3.63. The molecule has 4 nitrogen and oxygen atoms in total. The Morgan fingerprint density at radius 1 is 1.24 bits per heavy atom. The maximum Gasteiger partial charge on any atom is 0.417 e. The quantitative estimate of drug-likeness (QED) is 0.741. The van der Waals surface area contributed by atoms with Gasteiger partial charge < -0.3 is 4.74 Å². The molecule has 1 heterocycles. The smallest absolute Gasteiger partial charge is 0.417 e. The summed E-state index contributed by atoms with van der Waals surface area (Å²) in [6.45, 7) is 5.79. The normalized spacial score (nSPS) is 18.0. The van der Waals surface area contributed by atoms with Crippen LogP contribution in [0.5, 0.6) is 0 Å². The molecule has 4 heteroatoms. The van der Waals surface area contributed by atoms with Gasteiger partial charge in [-0.25, -0.2) is 9.69 Å². The van der Waals surface area contributed by atoms with E-state index in [9.17, 15) is 9.59 Å². The number of benzene rings is 1. The van der Waals surface area contributed by atoms with E-state index < -0.39 is 11.7 Å². The zero-order valence-electron chi connectivity index (χ0n) is 12.8. The van der Waals surface area contributed by atoms with Crippen molar-refractivity contribution in [3.63, 3.8) is 0 Å². The van der Waals surface area contributed by atoms with Crippen molar-refractivity contribution >= 4 is 18.1 Å². The Labute approximate surface area is 125 Å². The first-order valence-electron chi connectivity index (χ1n) is 7.17.